The van der Waals surface area contributed by atoms with Gasteiger partial charge in [0, 0.05) is 30.5 Å². The largest absolute Gasteiger partial charge is 0.508 e. The summed E-state index contributed by atoms with van der Waals surface area (Å²) in [6.07, 6.45) is 1.97. The Morgan fingerprint density at radius 1 is 0.946 bits per heavy atom. The third kappa shape index (κ3) is 9.46. The summed E-state index contributed by atoms with van der Waals surface area (Å²) in [7, 11) is 0. The van der Waals surface area contributed by atoms with Crippen molar-refractivity contribution in [1.82, 2.24) is 25.9 Å². The second-order valence-corrected chi connectivity index (χ2v) is 8.50. The molecular formula is C22H29N7O7S. The number of thiol groups is 1. The zero-order valence-electron chi connectivity index (χ0n) is 19.6. The van der Waals surface area contributed by atoms with Crippen LogP contribution >= 0.6 is 12.6 Å². The molecule has 4 atom stereocenters. The smallest absolute Gasteiger partial charge is 0.326 e. The highest BCUT2D eigenvalue weighted by atomic mass is 32.1. The number of H-pyrrole nitrogens is 1. The van der Waals surface area contributed by atoms with Crippen molar-refractivity contribution in [3.63, 3.8) is 0 Å². The number of nitrogens with zero attached hydrogens (tertiary/aromatic N) is 1. The van der Waals surface area contributed by atoms with E-state index in [-0.39, 0.29) is 24.3 Å². The molecule has 10 N–H and O–H groups in total. The summed E-state index contributed by atoms with van der Waals surface area (Å²) in [6.45, 7) is 0. The zero-order chi connectivity index (χ0) is 27.5. The van der Waals surface area contributed by atoms with Gasteiger partial charge in [0.1, 0.15) is 23.9 Å². The number of phenols is 1. The van der Waals surface area contributed by atoms with Crippen LogP contribution in [0, 0.1) is 0 Å². The number of carboxylic acid groups (broad SMARTS) is 1. The van der Waals surface area contributed by atoms with Crippen molar-refractivity contribution in [2.75, 3.05) is 5.75 Å². The number of imidazole rings is 1. The minimum atomic E-state index is -1.45. The average Bonchev–Trinajstić information content (AvgIpc) is 3.36. The van der Waals surface area contributed by atoms with Gasteiger partial charge in [0.2, 0.25) is 23.6 Å². The van der Waals surface area contributed by atoms with E-state index in [2.05, 4.69) is 38.5 Å². The fourth-order valence-corrected chi connectivity index (χ4v) is 3.38. The predicted octanol–water partition coefficient (Wildman–Crippen LogP) is -2.43. The van der Waals surface area contributed by atoms with Gasteiger partial charge in [-0.05, 0) is 17.7 Å². The van der Waals surface area contributed by atoms with Gasteiger partial charge in [0.15, 0.2) is 0 Å². The number of carbonyl (C=O) groups excluding carboxylic acids is 4. The number of rotatable bonds is 14. The first kappa shape index (κ1) is 29.1. The van der Waals surface area contributed by atoms with Gasteiger partial charge in [-0.15, -0.1) is 0 Å². The molecule has 4 amide bonds. The standard InChI is InChI=1S/C22H29N7O7S/c23-14(9-37)19(32)27-16(7-18(24)31)21(34)28-15(5-11-1-3-13(30)4-2-11)20(33)29-17(22(35)36)6-12-8-25-10-26-12/h1-4,8,10,14-17,30,37H,5-7,9,23H2,(H2,24,31)(H,25,26)(H,27,32)(H,28,34)(H,29,33)(H,35,36). The molecule has 0 aliphatic heterocycles. The van der Waals surface area contributed by atoms with Gasteiger partial charge >= 0.3 is 5.97 Å². The Morgan fingerprint density at radius 2 is 1.54 bits per heavy atom. The van der Waals surface area contributed by atoms with Gasteiger partial charge in [-0.2, -0.15) is 12.6 Å². The first-order valence-electron chi connectivity index (χ1n) is 11.0. The SMILES string of the molecule is NC(=O)CC(NC(=O)C(N)CS)C(=O)NC(Cc1ccc(O)cc1)C(=O)NC(Cc1cnc[nH]1)C(=O)O. The van der Waals surface area contributed by atoms with Crippen molar-refractivity contribution < 1.29 is 34.2 Å². The first-order chi connectivity index (χ1) is 17.5. The number of aromatic nitrogens is 2. The summed E-state index contributed by atoms with van der Waals surface area (Å²) >= 11 is 3.92. The maximum Gasteiger partial charge on any atom is 0.326 e. The lowest BCUT2D eigenvalue weighted by Crippen LogP contribution is -2.58. The predicted molar refractivity (Wildman–Crippen MR) is 133 cm³/mol. The Labute approximate surface area is 217 Å². The van der Waals surface area contributed by atoms with Crippen molar-refractivity contribution in [2.24, 2.45) is 11.5 Å². The van der Waals surface area contributed by atoms with Crippen LogP contribution in [0.4, 0.5) is 0 Å². The molecule has 0 bridgehead atoms. The van der Waals surface area contributed by atoms with Crippen molar-refractivity contribution in [2.45, 2.75) is 43.4 Å². The number of nitrogens with one attached hydrogen (secondary N) is 4. The van der Waals surface area contributed by atoms with Crippen LogP contribution in [0.5, 0.6) is 5.75 Å². The quantitative estimate of drug-likeness (QED) is 0.117. The second kappa shape index (κ2) is 13.8. The van der Waals surface area contributed by atoms with Crippen molar-refractivity contribution in [3.8, 4) is 5.75 Å². The molecule has 1 heterocycles. The van der Waals surface area contributed by atoms with Crippen LogP contribution in [0.15, 0.2) is 36.8 Å². The molecule has 0 radical (unpaired) electrons. The molecule has 15 heteroatoms. The molecule has 14 nitrogen and oxygen atoms in total. The molecule has 1 aromatic carbocycles. The van der Waals surface area contributed by atoms with Crippen LogP contribution in [0.3, 0.4) is 0 Å². The molecule has 4 unspecified atom stereocenters. The molecule has 0 saturated heterocycles. The van der Waals surface area contributed by atoms with Gasteiger partial charge in [0.05, 0.1) is 18.8 Å². The van der Waals surface area contributed by atoms with Crippen molar-refractivity contribution in [3.05, 3.63) is 48.0 Å². The fraction of sp³-hybridized carbons (Fsp3) is 0.364. The van der Waals surface area contributed by atoms with Gasteiger partial charge in [-0.25, -0.2) is 9.78 Å². The number of phenolic OH excluding ortho intramolecular Hbond substituents is 1. The first-order valence-corrected chi connectivity index (χ1v) is 11.7. The number of aliphatic carboxylic acids is 1. The molecule has 37 heavy (non-hydrogen) atoms. The number of carbonyl (C=O) groups is 5. The van der Waals surface area contributed by atoms with Gasteiger partial charge < -0.3 is 42.6 Å². The van der Waals surface area contributed by atoms with E-state index in [1.54, 1.807) is 0 Å². The Bertz CT molecular complexity index is 1100. The summed E-state index contributed by atoms with van der Waals surface area (Å²) in [5.41, 5.74) is 11.8. The molecule has 200 valence electrons. The van der Waals surface area contributed by atoms with Crippen LogP contribution < -0.4 is 27.4 Å². The minimum absolute atomic E-state index is 0.0240. The monoisotopic (exact) mass is 535 g/mol. The number of benzene rings is 1. The molecule has 1 aromatic heterocycles. The van der Waals surface area contributed by atoms with Crippen LogP contribution in [0.25, 0.3) is 0 Å². The minimum Gasteiger partial charge on any atom is -0.508 e. The Balaban J connectivity index is 2.26. The second-order valence-electron chi connectivity index (χ2n) is 8.13. The Morgan fingerprint density at radius 3 is 2.08 bits per heavy atom. The number of aromatic hydroxyl groups is 1. The average molecular weight is 536 g/mol. The summed E-state index contributed by atoms with van der Waals surface area (Å²) < 4.78 is 0. The molecule has 0 aliphatic rings. The molecule has 0 fully saturated rings. The number of amides is 4. The molecular weight excluding hydrogens is 506 g/mol. The fourth-order valence-electron chi connectivity index (χ4n) is 3.21. The zero-order valence-corrected chi connectivity index (χ0v) is 20.5. The number of hydrogen-bond donors (Lipinski definition) is 9. The van der Waals surface area contributed by atoms with E-state index in [0.717, 1.165) is 0 Å². The molecule has 0 spiro atoms. The molecule has 2 rings (SSSR count). The number of aromatic amines is 1. The number of nitrogens with two attached hydrogens (primary N) is 2. The highest BCUT2D eigenvalue weighted by Gasteiger charge is 2.31. The molecule has 0 saturated carbocycles. The van der Waals surface area contributed by atoms with E-state index in [0.29, 0.717) is 11.3 Å². The normalized spacial score (nSPS) is 14.0. The van der Waals surface area contributed by atoms with E-state index in [4.69, 9.17) is 11.5 Å². The Hall–Kier alpha value is -4.11. The van der Waals surface area contributed by atoms with E-state index in [1.165, 1.54) is 36.8 Å². The van der Waals surface area contributed by atoms with Crippen LogP contribution in [-0.4, -0.2) is 79.7 Å². The van der Waals surface area contributed by atoms with E-state index >= 15 is 0 Å². The third-order valence-electron chi connectivity index (χ3n) is 5.17. The van der Waals surface area contributed by atoms with Gasteiger partial charge in [-0.3, -0.25) is 19.2 Å². The summed E-state index contributed by atoms with van der Waals surface area (Å²) in [5.74, 6) is -4.80. The lowest BCUT2D eigenvalue weighted by molar-refractivity contribution is -0.142. The lowest BCUT2D eigenvalue weighted by Gasteiger charge is -2.25. The topological polar surface area (TPSA) is 243 Å². The summed E-state index contributed by atoms with van der Waals surface area (Å²) in [6, 6.07) is 0.560. The van der Waals surface area contributed by atoms with Crippen LogP contribution in [0.1, 0.15) is 17.7 Å². The summed E-state index contributed by atoms with van der Waals surface area (Å²) in [4.78, 5) is 68.2. The summed E-state index contributed by atoms with van der Waals surface area (Å²) in [5, 5.41) is 26.2. The van der Waals surface area contributed by atoms with Gasteiger partial charge in [-0.1, -0.05) is 12.1 Å². The lowest BCUT2D eigenvalue weighted by atomic mass is 10.0. The molecule has 0 aliphatic carbocycles. The maximum atomic E-state index is 13.1. The highest BCUT2D eigenvalue weighted by Crippen LogP contribution is 2.12. The van der Waals surface area contributed by atoms with E-state index in [1.807, 2.05) is 0 Å². The van der Waals surface area contributed by atoms with Crippen molar-refractivity contribution in [1.29, 1.82) is 0 Å². The number of hydrogen-bond acceptors (Lipinski definition) is 9. The van der Waals surface area contributed by atoms with Crippen LogP contribution in [0.2, 0.25) is 0 Å². The maximum absolute atomic E-state index is 13.1. The molecule has 2 aromatic rings. The number of carboxylic acids is 1. The van der Waals surface area contributed by atoms with E-state index in [9.17, 15) is 34.2 Å². The van der Waals surface area contributed by atoms with Crippen LogP contribution in [-0.2, 0) is 36.8 Å². The number of primary amides is 1. The van der Waals surface area contributed by atoms with Gasteiger partial charge in [0.25, 0.3) is 0 Å². The third-order valence-corrected chi connectivity index (χ3v) is 5.57. The van der Waals surface area contributed by atoms with Crippen molar-refractivity contribution >= 4 is 42.2 Å². The Kier molecular flexibility index (Phi) is 10.9. The highest BCUT2D eigenvalue weighted by molar-refractivity contribution is 7.80. The van der Waals surface area contributed by atoms with E-state index < -0.39 is 60.2 Å².